The van der Waals surface area contributed by atoms with Crippen LogP contribution >= 0.6 is 0 Å². The molecule has 0 radical (unpaired) electrons. The molecule has 12 heavy (non-hydrogen) atoms. The van der Waals surface area contributed by atoms with Gasteiger partial charge in [0, 0.05) is 10.8 Å². The molecule has 0 aromatic carbocycles. The van der Waals surface area contributed by atoms with Crippen LogP contribution in [0.25, 0.3) is 0 Å². The van der Waals surface area contributed by atoms with E-state index in [2.05, 4.69) is 26.0 Å². The van der Waals surface area contributed by atoms with Crippen LogP contribution in [0.2, 0.25) is 0 Å². The number of hydrogen-bond acceptors (Lipinski definition) is 0. The largest absolute Gasteiger partial charge is 0.0835 e. The molecule has 0 amide bonds. The highest BCUT2D eigenvalue weighted by Gasteiger charge is 2.58. The molecule has 0 bridgehead atoms. The van der Waals surface area contributed by atoms with Gasteiger partial charge in [-0.2, -0.15) is 0 Å². The summed E-state index contributed by atoms with van der Waals surface area (Å²) in [6, 6.07) is 0. The standard InChI is InChI=1S/C12H16/c1-11-7-6-9-4-3-5-10(8-11)12(9,11)2/h6,8H,3-5,7H2,1-2H3. The van der Waals surface area contributed by atoms with Crippen molar-refractivity contribution in [1.29, 1.82) is 0 Å². The van der Waals surface area contributed by atoms with Crippen molar-refractivity contribution in [3.05, 3.63) is 23.3 Å². The second-order valence-electron chi connectivity index (χ2n) is 5.00. The molecule has 2 atom stereocenters. The van der Waals surface area contributed by atoms with Crippen molar-refractivity contribution in [2.45, 2.75) is 39.5 Å². The lowest BCUT2D eigenvalue weighted by molar-refractivity contribution is 0.164. The summed E-state index contributed by atoms with van der Waals surface area (Å²) >= 11 is 0. The Kier molecular flexibility index (Phi) is 0.988. The van der Waals surface area contributed by atoms with Crippen LogP contribution in [0.1, 0.15) is 39.5 Å². The van der Waals surface area contributed by atoms with Crippen molar-refractivity contribution >= 4 is 0 Å². The second-order valence-corrected chi connectivity index (χ2v) is 5.00. The summed E-state index contributed by atoms with van der Waals surface area (Å²) in [4.78, 5) is 0. The van der Waals surface area contributed by atoms with Gasteiger partial charge in [-0.25, -0.2) is 0 Å². The highest BCUT2D eigenvalue weighted by Crippen LogP contribution is 2.68. The van der Waals surface area contributed by atoms with E-state index in [1.54, 1.807) is 11.1 Å². The Labute approximate surface area is 74.4 Å². The van der Waals surface area contributed by atoms with E-state index < -0.39 is 0 Å². The van der Waals surface area contributed by atoms with Crippen molar-refractivity contribution in [2.24, 2.45) is 10.8 Å². The smallest absolute Gasteiger partial charge is 0.0183 e. The second kappa shape index (κ2) is 1.71. The summed E-state index contributed by atoms with van der Waals surface area (Å²) in [5.74, 6) is 0. The van der Waals surface area contributed by atoms with Crippen LogP contribution in [0.15, 0.2) is 23.3 Å². The molecule has 1 saturated carbocycles. The molecule has 64 valence electrons. The maximum absolute atomic E-state index is 2.54. The SMILES string of the molecule is CC12C=C3CCCC(=CC1)C32C. The molecular formula is C12H16. The third-order valence-electron chi connectivity index (χ3n) is 4.58. The van der Waals surface area contributed by atoms with Gasteiger partial charge in [0.2, 0.25) is 0 Å². The van der Waals surface area contributed by atoms with Gasteiger partial charge in [0.05, 0.1) is 0 Å². The minimum absolute atomic E-state index is 0.505. The highest BCUT2D eigenvalue weighted by molar-refractivity contribution is 5.50. The molecule has 0 nitrogen and oxygen atoms in total. The Morgan fingerprint density at radius 1 is 1.17 bits per heavy atom. The van der Waals surface area contributed by atoms with Gasteiger partial charge in [-0.05, 0) is 25.7 Å². The van der Waals surface area contributed by atoms with Gasteiger partial charge in [-0.3, -0.25) is 0 Å². The lowest BCUT2D eigenvalue weighted by Crippen LogP contribution is -2.45. The fourth-order valence-corrected chi connectivity index (χ4v) is 3.48. The van der Waals surface area contributed by atoms with E-state index in [1.807, 2.05) is 0 Å². The number of allylic oxidation sites excluding steroid dienone is 4. The van der Waals surface area contributed by atoms with Crippen LogP contribution in [0.3, 0.4) is 0 Å². The molecule has 2 unspecified atom stereocenters. The van der Waals surface area contributed by atoms with Gasteiger partial charge in [0.1, 0.15) is 0 Å². The molecule has 0 heteroatoms. The first-order chi connectivity index (χ1) is 5.67. The molecule has 1 fully saturated rings. The van der Waals surface area contributed by atoms with Crippen molar-refractivity contribution in [1.82, 2.24) is 0 Å². The number of rotatable bonds is 0. The fraction of sp³-hybridized carbons (Fsp3) is 0.667. The van der Waals surface area contributed by atoms with E-state index in [9.17, 15) is 0 Å². The molecule has 3 rings (SSSR count). The Bertz CT molecular complexity index is 308. The molecule has 0 heterocycles. The summed E-state index contributed by atoms with van der Waals surface area (Å²) in [5.41, 5.74) is 4.50. The minimum Gasteiger partial charge on any atom is -0.0835 e. The zero-order valence-electron chi connectivity index (χ0n) is 7.98. The number of hydrogen-bond donors (Lipinski definition) is 0. The molecule has 0 spiro atoms. The van der Waals surface area contributed by atoms with Crippen molar-refractivity contribution in [3.8, 4) is 0 Å². The molecular weight excluding hydrogens is 144 g/mol. The summed E-state index contributed by atoms with van der Waals surface area (Å²) in [6.07, 6.45) is 10.5. The van der Waals surface area contributed by atoms with E-state index in [0.29, 0.717) is 10.8 Å². The monoisotopic (exact) mass is 160 g/mol. The quantitative estimate of drug-likeness (QED) is 0.476. The fourth-order valence-electron chi connectivity index (χ4n) is 3.48. The van der Waals surface area contributed by atoms with E-state index in [-0.39, 0.29) is 0 Å². The normalized spacial score (nSPS) is 49.2. The van der Waals surface area contributed by atoms with E-state index in [1.165, 1.54) is 25.7 Å². The Balaban J connectivity index is 2.18. The van der Waals surface area contributed by atoms with Gasteiger partial charge in [-0.1, -0.05) is 37.1 Å². The predicted octanol–water partition coefficient (Wildman–Crippen LogP) is 3.45. The van der Waals surface area contributed by atoms with E-state index in [4.69, 9.17) is 0 Å². The third kappa shape index (κ3) is 0.485. The van der Waals surface area contributed by atoms with Gasteiger partial charge in [0.25, 0.3) is 0 Å². The molecule has 3 aliphatic rings. The first-order valence-electron chi connectivity index (χ1n) is 5.08. The summed E-state index contributed by atoms with van der Waals surface area (Å²) in [6.45, 7) is 4.88. The topological polar surface area (TPSA) is 0 Å². The first-order valence-corrected chi connectivity index (χ1v) is 5.08. The van der Waals surface area contributed by atoms with Gasteiger partial charge in [-0.15, -0.1) is 0 Å². The van der Waals surface area contributed by atoms with Crippen molar-refractivity contribution in [3.63, 3.8) is 0 Å². The maximum atomic E-state index is 2.54. The zero-order chi connectivity index (χ0) is 8.40. The van der Waals surface area contributed by atoms with Gasteiger partial charge >= 0.3 is 0 Å². The first kappa shape index (κ1) is 6.94. The van der Waals surface area contributed by atoms with Crippen LogP contribution in [0.5, 0.6) is 0 Å². The summed E-state index contributed by atoms with van der Waals surface area (Å²) in [5, 5.41) is 0. The Morgan fingerprint density at radius 3 is 2.67 bits per heavy atom. The molecule has 0 aromatic rings. The average Bonchev–Trinajstić information content (AvgIpc) is 2.30. The van der Waals surface area contributed by atoms with Gasteiger partial charge in [0.15, 0.2) is 0 Å². The maximum Gasteiger partial charge on any atom is 0.0183 e. The van der Waals surface area contributed by atoms with Gasteiger partial charge < -0.3 is 0 Å². The molecule has 3 aliphatic carbocycles. The molecule has 0 aromatic heterocycles. The Hall–Kier alpha value is -0.520. The predicted molar refractivity (Wildman–Crippen MR) is 50.8 cm³/mol. The summed E-state index contributed by atoms with van der Waals surface area (Å²) in [7, 11) is 0. The summed E-state index contributed by atoms with van der Waals surface area (Å²) < 4.78 is 0. The molecule has 0 aliphatic heterocycles. The highest BCUT2D eigenvalue weighted by atomic mass is 14.6. The van der Waals surface area contributed by atoms with E-state index in [0.717, 1.165) is 0 Å². The molecule has 0 N–H and O–H groups in total. The van der Waals surface area contributed by atoms with Crippen LogP contribution in [0, 0.1) is 10.8 Å². The van der Waals surface area contributed by atoms with Crippen LogP contribution < -0.4 is 0 Å². The average molecular weight is 160 g/mol. The molecule has 0 saturated heterocycles. The minimum atomic E-state index is 0.505. The Morgan fingerprint density at radius 2 is 1.92 bits per heavy atom. The van der Waals surface area contributed by atoms with Crippen LogP contribution in [-0.4, -0.2) is 0 Å². The third-order valence-corrected chi connectivity index (χ3v) is 4.58. The van der Waals surface area contributed by atoms with Crippen LogP contribution in [0.4, 0.5) is 0 Å². The van der Waals surface area contributed by atoms with Crippen LogP contribution in [-0.2, 0) is 0 Å². The zero-order valence-corrected chi connectivity index (χ0v) is 7.98. The lowest BCUT2D eigenvalue weighted by Gasteiger charge is -2.54. The van der Waals surface area contributed by atoms with E-state index >= 15 is 0 Å². The van der Waals surface area contributed by atoms with Crippen molar-refractivity contribution < 1.29 is 0 Å². The van der Waals surface area contributed by atoms with Crippen molar-refractivity contribution in [2.75, 3.05) is 0 Å². The lowest BCUT2D eigenvalue weighted by atomic mass is 9.49.